The predicted octanol–water partition coefficient (Wildman–Crippen LogP) is 4.93. The Morgan fingerprint density at radius 3 is 1.95 bits per heavy atom. The lowest BCUT2D eigenvalue weighted by atomic mass is 9.70. The van der Waals surface area contributed by atoms with Crippen molar-refractivity contribution in [2.24, 2.45) is 17.8 Å². The third kappa shape index (κ3) is 4.39. The second kappa shape index (κ2) is 7.90. The van der Waals surface area contributed by atoms with Crippen molar-refractivity contribution in [1.29, 1.82) is 0 Å². The van der Waals surface area contributed by atoms with Gasteiger partial charge in [-0.15, -0.1) is 0 Å². The molecule has 0 aromatic heterocycles. The lowest BCUT2D eigenvalue weighted by Gasteiger charge is -2.37. The van der Waals surface area contributed by atoms with E-state index >= 15 is 0 Å². The summed E-state index contributed by atoms with van der Waals surface area (Å²) in [4.78, 5) is 11.3. The Bertz CT molecular complexity index is 287. The zero-order valence-corrected chi connectivity index (χ0v) is 13.1. The summed E-state index contributed by atoms with van der Waals surface area (Å²) in [5, 5.41) is 0. The third-order valence-corrected chi connectivity index (χ3v) is 5.38. The minimum absolute atomic E-state index is 0.0947. The predicted molar refractivity (Wildman–Crippen MR) is 79.6 cm³/mol. The van der Waals surface area contributed by atoms with E-state index in [1.165, 1.54) is 44.9 Å². The molecule has 0 bridgehead atoms. The van der Waals surface area contributed by atoms with Crippen LogP contribution in [0.1, 0.15) is 71.6 Å². The summed E-state index contributed by atoms with van der Waals surface area (Å²) < 4.78 is 10.2. The van der Waals surface area contributed by atoms with Gasteiger partial charge in [0, 0.05) is 0 Å². The molecule has 2 aliphatic carbocycles. The van der Waals surface area contributed by atoms with E-state index < -0.39 is 6.16 Å². The van der Waals surface area contributed by atoms with Crippen molar-refractivity contribution in [2.45, 2.75) is 77.7 Å². The fourth-order valence-corrected chi connectivity index (χ4v) is 4.03. The van der Waals surface area contributed by atoms with E-state index in [2.05, 4.69) is 6.92 Å². The molecule has 2 saturated carbocycles. The quantitative estimate of drug-likeness (QED) is 0.685. The first-order valence-corrected chi connectivity index (χ1v) is 8.56. The first-order valence-electron chi connectivity index (χ1n) is 8.56. The standard InChI is InChI=1S/C17H30O3/c1-3-13-5-7-14(8-6-13)15-9-11-16(12-10-15)20-17(18)19-4-2/h13-16H,3-12H2,1-2H3/t13-,14-,15-,16-. The summed E-state index contributed by atoms with van der Waals surface area (Å²) in [5.74, 6) is 2.78. The van der Waals surface area contributed by atoms with Crippen LogP contribution in [0.15, 0.2) is 0 Å². The topological polar surface area (TPSA) is 35.5 Å². The Balaban J connectivity index is 1.68. The van der Waals surface area contributed by atoms with Crippen molar-refractivity contribution in [3.8, 4) is 0 Å². The smallest absolute Gasteiger partial charge is 0.435 e. The van der Waals surface area contributed by atoms with Crippen molar-refractivity contribution in [3.63, 3.8) is 0 Å². The molecule has 2 aliphatic rings. The fourth-order valence-electron chi connectivity index (χ4n) is 4.03. The molecule has 0 spiro atoms. The summed E-state index contributed by atoms with van der Waals surface area (Å²) in [6.45, 7) is 4.53. The van der Waals surface area contributed by atoms with Gasteiger partial charge < -0.3 is 9.47 Å². The molecule has 0 aliphatic heterocycles. The van der Waals surface area contributed by atoms with Crippen molar-refractivity contribution in [2.75, 3.05) is 6.61 Å². The minimum atomic E-state index is -0.487. The van der Waals surface area contributed by atoms with E-state index in [1.807, 2.05) is 6.92 Å². The van der Waals surface area contributed by atoms with Gasteiger partial charge in [0.2, 0.25) is 0 Å². The number of rotatable bonds is 4. The molecule has 0 atom stereocenters. The summed E-state index contributed by atoms with van der Waals surface area (Å²) in [6, 6.07) is 0. The maximum Gasteiger partial charge on any atom is 0.508 e. The molecule has 2 rings (SSSR count). The van der Waals surface area contributed by atoms with Crippen molar-refractivity contribution < 1.29 is 14.3 Å². The van der Waals surface area contributed by atoms with Crippen LogP contribution in [0.4, 0.5) is 4.79 Å². The van der Waals surface area contributed by atoms with Crippen LogP contribution < -0.4 is 0 Å². The van der Waals surface area contributed by atoms with Gasteiger partial charge in [0.05, 0.1) is 6.61 Å². The van der Waals surface area contributed by atoms with Crippen molar-refractivity contribution in [3.05, 3.63) is 0 Å². The zero-order chi connectivity index (χ0) is 14.4. The van der Waals surface area contributed by atoms with Crippen LogP contribution in [-0.2, 0) is 9.47 Å². The fraction of sp³-hybridized carbons (Fsp3) is 0.941. The summed E-state index contributed by atoms with van der Waals surface area (Å²) in [6.07, 6.45) is 11.2. The van der Waals surface area contributed by atoms with E-state index in [9.17, 15) is 4.79 Å². The number of ether oxygens (including phenoxy) is 2. The zero-order valence-electron chi connectivity index (χ0n) is 13.1. The molecule has 0 aromatic rings. The van der Waals surface area contributed by atoms with Gasteiger partial charge in [0.25, 0.3) is 0 Å². The molecule has 0 radical (unpaired) electrons. The van der Waals surface area contributed by atoms with Crippen LogP contribution in [0.5, 0.6) is 0 Å². The maximum absolute atomic E-state index is 11.3. The molecule has 3 heteroatoms. The highest BCUT2D eigenvalue weighted by Gasteiger charge is 2.31. The monoisotopic (exact) mass is 282 g/mol. The van der Waals surface area contributed by atoms with Crippen LogP contribution >= 0.6 is 0 Å². The normalized spacial score (nSPS) is 34.5. The first kappa shape index (κ1) is 15.7. The van der Waals surface area contributed by atoms with Gasteiger partial charge >= 0.3 is 6.16 Å². The Labute approximate surface area is 123 Å². The Morgan fingerprint density at radius 2 is 1.45 bits per heavy atom. The van der Waals surface area contributed by atoms with Crippen LogP contribution in [0.25, 0.3) is 0 Å². The molecule has 2 fully saturated rings. The largest absolute Gasteiger partial charge is 0.508 e. The highest BCUT2D eigenvalue weighted by molar-refractivity contribution is 5.60. The molecule has 0 N–H and O–H groups in total. The molecular formula is C17H30O3. The minimum Gasteiger partial charge on any atom is -0.435 e. The number of carbonyl (C=O) groups excluding carboxylic acids is 1. The first-order chi connectivity index (χ1) is 9.72. The van der Waals surface area contributed by atoms with Gasteiger partial charge in [0.1, 0.15) is 6.10 Å². The van der Waals surface area contributed by atoms with Gasteiger partial charge in [-0.25, -0.2) is 4.79 Å². The second-order valence-electron chi connectivity index (χ2n) is 6.53. The van der Waals surface area contributed by atoms with Crippen LogP contribution in [0.3, 0.4) is 0 Å². The Hall–Kier alpha value is -0.730. The van der Waals surface area contributed by atoms with Gasteiger partial charge in [-0.2, -0.15) is 0 Å². The van der Waals surface area contributed by atoms with E-state index in [-0.39, 0.29) is 6.10 Å². The van der Waals surface area contributed by atoms with Gasteiger partial charge in [-0.3, -0.25) is 0 Å². The summed E-state index contributed by atoms with van der Waals surface area (Å²) in [5.41, 5.74) is 0. The molecule has 3 nitrogen and oxygen atoms in total. The SMILES string of the molecule is CCOC(=O)O[C@H]1CC[C@H]([C@H]2CC[C@H](CC)CC2)CC1. The molecule has 116 valence electrons. The number of carbonyl (C=O) groups is 1. The van der Waals surface area contributed by atoms with E-state index in [4.69, 9.17) is 9.47 Å². The summed E-state index contributed by atoms with van der Waals surface area (Å²) in [7, 11) is 0. The van der Waals surface area contributed by atoms with E-state index in [0.717, 1.165) is 30.6 Å². The molecule has 0 heterocycles. The highest BCUT2D eigenvalue weighted by atomic mass is 16.7. The second-order valence-corrected chi connectivity index (χ2v) is 6.53. The molecule has 0 saturated heterocycles. The van der Waals surface area contributed by atoms with Crippen LogP contribution in [-0.4, -0.2) is 18.9 Å². The Morgan fingerprint density at radius 1 is 0.900 bits per heavy atom. The summed E-state index contributed by atoms with van der Waals surface area (Å²) >= 11 is 0. The van der Waals surface area contributed by atoms with Gasteiger partial charge in [0.15, 0.2) is 0 Å². The maximum atomic E-state index is 11.3. The van der Waals surface area contributed by atoms with E-state index in [0.29, 0.717) is 6.61 Å². The van der Waals surface area contributed by atoms with Gasteiger partial charge in [-0.1, -0.05) is 26.2 Å². The highest BCUT2D eigenvalue weighted by Crippen LogP contribution is 2.41. The molecular weight excluding hydrogens is 252 g/mol. The Kier molecular flexibility index (Phi) is 6.18. The lowest BCUT2D eigenvalue weighted by Crippen LogP contribution is -2.29. The van der Waals surface area contributed by atoms with Gasteiger partial charge in [-0.05, 0) is 63.2 Å². The van der Waals surface area contributed by atoms with E-state index in [1.54, 1.807) is 0 Å². The number of hydrogen-bond acceptors (Lipinski definition) is 3. The third-order valence-electron chi connectivity index (χ3n) is 5.38. The van der Waals surface area contributed by atoms with Crippen molar-refractivity contribution in [1.82, 2.24) is 0 Å². The molecule has 20 heavy (non-hydrogen) atoms. The molecule has 0 unspecified atom stereocenters. The van der Waals surface area contributed by atoms with Crippen LogP contribution in [0, 0.1) is 17.8 Å². The average Bonchev–Trinajstić information content (AvgIpc) is 2.48. The average molecular weight is 282 g/mol. The number of hydrogen-bond donors (Lipinski definition) is 0. The van der Waals surface area contributed by atoms with Crippen molar-refractivity contribution >= 4 is 6.16 Å². The van der Waals surface area contributed by atoms with Crippen LogP contribution in [0.2, 0.25) is 0 Å². The molecule has 0 aromatic carbocycles. The lowest BCUT2D eigenvalue weighted by molar-refractivity contribution is 0.00166. The molecule has 0 amide bonds.